The first-order valence-corrected chi connectivity index (χ1v) is 7.77. The summed E-state index contributed by atoms with van der Waals surface area (Å²) in [7, 11) is 0. The highest BCUT2D eigenvalue weighted by Crippen LogP contribution is 2.22. The van der Waals surface area contributed by atoms with Gasteiger partial charge in [0.25, 0.3) is 0 Å². The standard InChI is InChI=1S/C15H23ClN2O2/c1-3-11-10-18(15(19)4-2)8-7-13(11)17-9-12-5-6-14(16)20-12/h5-6,11,13,17H,3-4,7-10H2,1-2H3/t11-,13+/m0/s1. The highest BCUT2D eigenvalue weighted by molar-refractivity contribution is 6.28. The van der Waals surface area contributed by atoms with E-state index >= 15 is 0 Å². The number of hydrogen-bond donors (Lipinski definition) is 1. The van der Waals surface area contributed by atoms with Crippen LogP contribution in [0.25, 0.3) is 0 Å². The molecule has 1 aromatic heterocycles. The van der Waals surface area contributed by atoms with Gasteiger partial charge in [0.2, 0.25) is 5.91 Å². The second-order valence-electron chi connectivity index (χ2n) is 5.34. The number of nitrogens with zero attached hydrogens (tertiary/aromatic N) is 1. The van der Waals surface area contributed by atoms with Crippen molar-refractivity contribution >= 4 is 17.5 Å². The third kappa shape index (κ3) is 3.76. The van der Waals surface area contributed by atoms with Crippen LogP contribution >= 0.6 is 11.6 Å². The maximum atomic E-state index is 11.8. The van der Waals surface area contributed by atoms with Crippen LogP contribution < -0.4 is 5.32 Å². The van der Waals surface area contributed by atoms with Gasteiger partial charge in [0.05, 0.1) is 6.54 Å². The summed E-state index contributed by atoms with van der Waals surface area (Å²) < 4.78 is 5.36. The van der Waals surface area contributed by atoms with Crippen LogP contribution in [0.4, 0.5) is 0 Å². The predicted octanol–water partition coefficient (Wildman–Crippen LogP) is 3.06. The van der Waals surface area contributed by atoms with Crippen molar-refractivity contribution < 1.29 is 9.21 Å². The summed E-state index contributed by atoms with van der Waals surface area (Å²) in [6, 6.07) is 4.09. The number of amides is 1. The monoisotopic (exact) mass is 298 g/mol. The molecule has 4 nitrogen and oxygen atoms in total. The Hall–Kier alpha value is -1.00. The largest absolute Gasteiger partial charge is 0.448 e. The molecule has 2 heterocycles. The van der Waals surface area contributed by atoms with E-state index in [1.165, 1.54) is 0 Å². The molecule has 1 aliphatic heterocycles. The van der Waals surface area contributed by atoms with E-state index in [0.29, 0.717) is 30.1 Å². The fourth-order valence-electron chi connectivity index (χ4n) is 2.84. The van der Waals surface area contributed by atoms with E-state index in [9.17, 15) is 4.79 Å². The number of nitrogens with one attached hydrogen (secondary N) is 1. The highest BCUT2D eigenvalue weighted by Gasteiger charge is 2.29. The zero-order valence-corrected chi connectivity index (χ0v) is 12.9. The molecule has 2 atom stereocenters. The van der Waals surface area contributed by atoms with Gasteiger partial charge in [-0.25, -0.2) is 0 Å². The maximum Gasteiger partial charge on any atom is 0.222 e. The molecule has 1 fully saturated rings. The molecule has 0 aromatic carbocycles. The van der Waals surface area contributed by atoms with Crippen molar-refractivity contribution in [3.05, 3.63) is 23.1 Å². The molecule has 1 saturated heterocycles. The molecule has 112 valence electrons. The van der Waals surface area contributed by atoms with Crippen molar-refractivity contribution in [1.82, 2.24) is 10.2 Å². The Bertz CT molecular complexity index is 447. The van der Waals surface area contributed by atoms with E-state index in [1.54, 1.807) is 6.07 Å². The Morgan fingerprint density at radius 2 is 2.30 bits per heavy atom. The fourth-order valence-corrected chi connectivity index (χ4v) is 3.01. The van der Waals surface area contributed by atoms with Crippen LogP contribution in [0.2, 0.25) is 5.22 Å². The Kier molecular flexibility index (Phi) is 5.49. The fraction of sp³-hybridized carbons (Fsp3) is 0.667. The summed E-state index contributed by atoms with van der Waals surface area (Å²) in [6.45, 7) is 6.51. The quantitative estimate of drug-likeness (QED) is 0.909. The molecule has 1 aliphatic rings. The van der Waals surface area contributed by atoms with Crippen LogP contribution in [0.3, 0.4) is 0 Å². The number of carbonyl (C=O) groups is 1. The second kappa shape index (κ2) is 7.14. The average Bonchev–Trinajstić information content (AvgIpc) is 2.89. The van der Waals surface area contributed by atoms with E-state index in [2.05, 4.69) is 12.2 Å². The number of rotatable bonds is 5. The molecule has 0 spiro atoms. The van der Waals surface area contributed by atoms with Gasteiger partial charge in [-0.1, -0.05) is 20.3 Å². The van der Waals surface area contributed by atoms with Gasteiger partial charge in [-0.05, 0) is 36.1 Å². The van der Waals surface area contributed by atoms with Crippen molar-refractivity contribution in [3.8, 4) is 0 Å². The minimum atomic E-state index is 0.264. The van der Waals surface area contributed by atoms with Crippen LogP contribution in [0.15, 0.2) is 16.5 Å². The Morgan fingerprint density at radius 3 is 2.90 bits per heavy atom. The number of halogens is 1. The molecule has 2 rings (SSSR count). The number of piperidine rings is 1. The lowest BCUT2D eigenvalue weighted by Crippen LogP contribution is -2.50. The normalized spacial score (nSPS) is 23.1. The highest BCUT2D eigenvalue weighted by atomic mass is 35.5. The van der Waals surface area contributed by atoms with Crippen molar-refractivity contribution in [1.29, 1.82) is 0 Å². The first-order chi connectivity index (χ1) is 9.63. The Morgan fingerprint density at radius 1 is 1.50 bits per heavy atom. The van der Waals surface area contributed by atoms with Crippen molar-refractivity contribution in [2.75, 3.05) is 13.1 Å². The van der Waals surface area contributed by atoms with Gasteiger partial charge in [0.1, 0.15) is 5.76 Å². The molecule has 0 bridgehead atoms. The summed E-state index contributed by atoms with van der Waals surface area (Å²) in [4.78, 5) is 13.8. The van der Waals surface area contributed by atoms with E-state index < -0.39 is 0 Å². The maximum absolute atomic E-state index is 11.8. The van der Waals surface area contributed by atoms with E-state index in [0.717, 1.165) is 31.7 Å². The molecule has 1 aromatic rings. The number of hydrogen-bond acceptors (Lipinski definition) is 3. The van der Waals surface area contributed by atoms with Gasteiger partial charge < -0.3 is 14.6 Å². The lowest BCUT2D eigenvalue weighted by atomic mass is 9.89. The van der Waals surface area contributed by atoms with Gasteiger partial charge in [-0.2, -0.15) is 0 Å². The third-order valence-electron chi connectivity index (χ3n) is 4.08. The summed E-state index contributed by atoms with van der Waals surface area (Å²) in [5, 5.41) is 3.97. The van der Waals surface area contributed by atoms with Crippen LogP contribution in [0.1, 0.15) is 38.9 Å². The first-order valence-electron chi connectivity index (χ1n) is 7.39. The van der Waals surface area contributed by atoms with Crippen LogP contribution in [0, 0.1) is 5.92 Å². The van der Waals surface area contributed by atoms with Crippen molar-refractivity contribution in [3.63, 3.8) is 0 Å². The van der Waals surface area contributed by atoms with Gasteiger partial charge in [0, 0.05) is 25.6 Å². The molecule has 1 amide bonds. The zero-order chi connectivity index (χ0) is 14.5. The topological polar surface area (TPSA) is 45.5 Å². The van der Waals surface area contributed by atoms with E-state index in [1.807, 2.05) is 17.9 Å². The van der Waals surface area contributed by atoms with Crippen LogP contribution in [0.5, 0.6) is 0 Å². The SMILES string of the molecule is CCC(=O)N1CC[C@@H](NCc2ccc(Cl)o2)[C@@H](CC)C1. The smallest absolute Gasteiger partial charge is 0.222 e. The lowest BCUT2D eigenvalue weighted by Gasteiger charge is -2.38. The summed E-state index contributed by atoms with van der Waals surface area (Å²) >= 11 is 5.77. The second-order valence-corrected chi connectivity index (χ2v) is 5.72. The number of likely N-dealkylation sites (tertiary alicyclic amines) is 1. The molecular weight excluding hydrogens is 276 g/mol. The molecule has 0 radical (unpaired) electrons. The van der Waals surface area contributed by atoms with E-state index in [4.69, 9.17) is 16.0 Å². The predicted molar refractivity (Wildman–Crippen MR) is 79.6 cm³/mol. The summed E-state index contributed by atoms with van der Waals surface area (Å²) in [5.74, 6) is 1.63. The Balaban J connectivity index is 1.87. The molecule has 0 saturated carbocycles. The van der Waals surface area contributed by atoms with Crippen molar-refractivity contribution in [2.45, 2.75) is 45.7 Å². The van der Waals surface area contributed by atoms with Crippen LogP contribution in [-0.2, 0) is 11.3 Å². The minimum absolute atomic E-state index is 0.264. The van der Waals surface area contributed by atoms with Gasteiger partial charge in [-0.15, -0.1) is 0 Å². The minimum Gasteiger partial charge on any atom is -0.448 e. The molecular formula is C15H23ClN2O2. The molecule has 0 aliphatic carbocycles. The molecule has 20 heavy (non-hydrogen) atoms. The van der Waals surface area contributed by atoms with Gasteiger partial charge in [-0.3, -0.25) is 4.79 Å². The first kappa shape index (κ1) is 15.4. The van der Waals surface area contributed by atoms with E-state index in [-0.39, 0.29) is 5.91 Å². The van der Waals surface area contributed by atoms with Crippen LogP contribution in [-0.4, -0.2) is 29.9 Å². The zero-order valence-electron chi connectivity index (χ0n) is 12.2. The number of carbonyl (C=O) groups excluding carboxylic acids is 1. The van der Waals surface area contributed by atoms with Gasteiger partial charge in [0.15, 0.2) is 5.22 Å². The molecule has 5 heteroatoms. The summed E-state index contributed by atoms with van der Waals surface area (Å²) in [5.41, 5.74) is 0. The van der Waals surface area contributed by atoms with Crippen molar-refractivity contribution in [2.24, 2.45) is 5.92 Å². The Labute approximate surface area is 125 Å². The lowest BCUT2D eigenvalue weighted by molar-refractivity contribution is -0.133. The third-order valence-corrected chi connectivity index (χ3v) is 4.28. The summed E-state index contributed by atoms with van der Waals surface area (Å²) in [6.07, 6.45) is 2.67. The molecule has 0 unspecified atom stereocenters. The van der Waals surface area contributed by atoms with Gasteiger partial charge >= 0.3 is 0 Å². The number of furan rings is 1. The molecule has 1 N–H and O–H groups in total. The average molecular weight is 299 g/mol.